The molecule has 1 aliphatic carbocycles. The van der Waals surface area contributed by atoms with Gasteiger partial charge in [-0.1, -0.05) is 6.42 Å². The van der Waals surface area contributed by atoms with E-state index >= 15 is 0 Å². The van der Waals surface area contributed by atoms with Gasteiger partial charge >= 0.3 is 0 Å². The highest BCUT2D eigenvalue weighted by atomic mass is 15.3. The van der Waals surface area contributed by atoms with Crippen molar-refractivity contribution in [2.45, 2.75) is 38.1 Å². The minimum Gasteiger partial charge on any atom is -0.353 e. The predicted octanol–water partition coefficient (Wildman–Crippen LogP) is 1.53. The Morgan fingerprint density at radius 2 is 2.12 bits per heavy atom. The summed E-state index contributed by atoms with van der Waals surface area (Å²) in [6.07, 6.45) is 8.29. The number of nitrogens with zero attached hydrogens (tertiary/aromatic N) is 3. The fourth-order valence-electron chi connectivity index (χ4n) is 3.32. The van der Waals surface area contributed by atoms with Crippen LogP contribution in [0, 0.1) is 5.92 Å². The topological polar surface area (TPSA) is 67.1 Å². The molecule has 5 nitrogen and oxygen atoms in total. The number of aromatic nitrogens is 2. The second kappa shape index (κ2) is 4.49. The second-order valence-electron chi connectivity index (χ2n) is 5.00. The summed E-state index contributed by atoms with van der Waals surface area (Å²) in [5.74, 6) is 7.97. The van der Waals surface area contributed by atoms with E-state index in [1.807, 2.05) is 6.07 Å². The highest BCUT2D eigenvalue weighted by Crippen LogP contribution is 2.38. The second-order valence-corrected chi connectivity index (χ2v) is 5.00. The molecule has 17 heavy (non-hydrogen) atoms. The first-order chi connectivity index (χ1) is 8.38. The van der Waals surface area contributed by atoms with Crippen LogP contribution in [0.2, 0.25) is 0 Å². The van der Waals surface area contributed by atoms with E-state index in [1.165, 1.54) is 32.1 Å². The van der Waals surface area contributed by atoms with Crippen molar-refractivity contribution < 1.29 is 0 Å². The molecule has 2 aliphatic rings. The fourth-order valence-corrected chi connectivity index (χ4v) is 3.32. The average Bonchev–Trinajstić information content (AvgIpc) is 2.87. The van der Waals surface area contributed by atoms with Crippen molar-refractivity contribution in [3.63, 3.8) is 0 Å². The molecule has 1 aromatic heterocycles. The van der Waals surface area contributed by atoms with E-state index in [-0.39, 0.29) is 0 Å². The standard InChI is InChI=1S/C12H19N5/c13-16-11-7-12(15-8-14-11)17-6-2-4-9-3-1-5-10(9)17/h7-10H,1-6,13H2,(H,14,15,16). The summed E-state index contributed by atoms with van der Waals surface area (Å²) in [6, 6.07) is 2.63. The maximum atomic E-state index is 5.40. The van der Waals surface area contributed by atoms with Crippen LogP contribution in [0.5, 0.6) is 0 Å². The van der Waals surface area contributed by atoms with E-state index in [4.69, 9.17) is 5.84 Å². The van der Waals surface area contributed by atoms with Gasteiger partial charge in [-0.05, 0) is 31.6 Å². The van der Waals surface area contributed by atoms with Crippen LogP contribution < -0.4 is 16.2 Å². The summed E-state index contributed by atoms with van der Waals surface area (Å²) < 4.78 is 0. The van der Waals surface area contributed by atoms with Crippen molar-refractivity contribution in [1.82, 2.24) is 9.97 Å². The van der Waals surface area contributed by atoms with Gasteiger partial charge in [0, 0.05) is 18.7 Å². The summed E-state index contributed by atoms with van der Waals surface area (Å²) in [5.41, 5.74) is 2.59. The van der Waals surface area contributed by atoms with Crippen molar-refractivity contribution in [1.29, 1.82) is 0 Å². The van der Waals surface area contributed by atoms with Gasteiger partial charge in [0.1, 0.15) is 18.0 Å². The van der Waals surface area contributed by atoms with E-state index in [2.05, 4.69) is 20.3 Å². The SMILES string of the molecule is NNc1cc(N2CCCC3CCCC32)ncn1. The molecule has 1 aliphatic heterocycles. The lowest BCUT2D eigenvalue weighted by molar-refractivity contribution is 0.360. The van der Waals surface area contributed by atoms with Crippen LogP contribution in [0.3, 0.4) is 0 Å². The van der Waals surface area contributed by atoms with Crippen molar-refractivity contribution in [3.8, 4) is 0 Å². The molecule has 0 amide bonds. The van der Waals surface area contributed by atoms with Gasteiger partial charge in [0.05, 0.1) is 0 Å². The minimum absolute atomic E-state index is 0.685. The Morgan fingerprint density at radius 1 is 1.24 bits per heavy atom. The van der Waals surface area contributed by atoms with Crippen LogP contribution in [0.25, 0.3) is 0 Å². The van der Waals surface area contributed by atoms with Gasteiger partial charge in [-0.3, -0.25) is 0 Å². The first-order valence-electron chi connectivity index (χ1n) is 6.44. The number of anilines is 2. The number of nitrogen functional groups attached to an aromatic ring is 1. The zero-order valence-corrected chi connectivity index (χ0v) is 9.97. The van der Waals surface area contributed by atoms with E-state index in [0.717, 1.165) is 18.3 Å². The number of piperidine rings is 1. The Bertz CT molecular complexity index is 394. The molecule has 0 bridgehead atoms. The van der Waals surface area contributed by atoms with Gasteiger partial charge in [-0.2, -0.15) is 0 Å². The maximum absolute atomic E-state index is 5.40. The van der Waals surface area contributed by atoms with E-state index < -0.39 is 0 Å². The quantitative estimate of drug-likeness (QED) is 0.599. The zero-order valence-electron chi connectivity index (χ0n) is 9.97. The highest BCUT2D eigenvalue weighted by molar-refractivity contribution is 5.49. The smallest absolute Gasteiger partial charge is 0.145 e. The number of nitrogens with two attached hydrogens (primary N) is 1. The summed E-state index contributed by atoms with van der Waals surface area (Å²) in [4.78, 5) is 10.9. The van der Waals surface area contributed by atoms with Crippen LogP contribution in [-0.4, -0.2) is 22.6 Å². The lowest BCUT2D eigenvalue weighted by atomic mass is 9.92. The van der Waals surface area contributed by atoms with E-state index in [9.17, 15) is 0 Å². The average molecular weight is 233 g/mol. The van der Waals surface area contributed by atoms with Gasteiger partial charge in [0.2, 0.25) is 0 Å². The van der Waals surface area contributed by atoms with E-state index in [1.54, 1.807) is 6.33 Å². The van der Waals surface area contributed by atoms with Gasteiger partial charge in [-0.25, -0.2) is 15.8 Å². The molecule has 0 spiro atoms. The number of rotatable bonds is 2. The van der Waals surface area contributed by atoms with Crippen LogP contribution in [-0.2, 0) is 0 Å². The minimum atomic E-state index is 0.685. The monoisotopic (exact) mass is 233 g/mol. The molecule has 2 atom stereocenters. The molecule has 3 rings (SSSR count). The molecule has 92 valence electrons. The molecule has 1 saturated carbocycles. The third-order valence-electron chi connectivity index (χ3n) is 4.09. The Balaban J connectivity index is 1.86. The summed E-state index contributed by atoms with van der Waals surface area (Å²) >= 11 is 0. The van der Waals surface area contributed by atoms with Crippen LogP contribution in [0.4, 0.5) is 11.6 Å². The summed E-state index contributed by atoms with van der Waals surface area (Å²) in [5, 5.41) is 0. The maximum Gasteiger partial charge on any atom is 0.145 e. The zero-order chi connectivity index (χ0) is 11.7. The molecule has 0 radical (unpaired) electrons. The van der Waals surface area contributed by atoms with Gasteiger partial charge < -0.3 is 10.3 Å². The lowest BCUT2D eigenvalue weighted by Crippen LogP contribution is -2.43. The Morgan fingerprint density at radius 3 is 3.00 bits per heavy atom. The van der Waals surface area contributed by atoms with Gasteiger partial charge in [0.25, 0.3) is 0 Å². The first kappa shape index (κ1) is 10.8. The number of hydrogen-bond donors (Lipinski definition) is 2. The summed E-state index contributed by atoms with van der Waals surface area (Å²) in [6.45, 7) is 1.11. The van der Waals surface area contributed by atoms with Gasteiger partial charge in [-0.15, -0.1) is 0 Å². The number of hydrazine groups is 1. The molecule has 1 aromatic rings. The molecule has 3 N–H and O–H groups in total. The fraction of sp³-hybridized carbons (Fsp3) is 0.667. The molecule has 0 aromatic carbocycles. The largest absolute Gasteiger partial charge is 0.353 e. The molecule has 2 fully saturated rings. The number of fused-ring (bicyclic) bond motifs is 1. The number of hydrogen-bond acceptors (Lipinski definition) is 5. The molecular weight excluding hydrogens is 214 g/mol. The summed E-state index contributed by atoms with van der Waals surface area (Å²) in [7, 11) is 0. The number of nitrogens with one attached hydrogen (secondary N) is 1. The third-order valence-corrected chi connectivity index (χ3v) is 4.09. The van der Waals surface area contributed by atoms with Crippen molar-refractivity contribution in [2.75, 3.05) is 16.9 Å². The van der Waals surface area contributed by atoms with Crippen molar-refractivity contribution >= 4 is 11.6 Å². The highest BCUT2D eigenvalue weighted by Gasteiger charge is 2.35. The normalized spacial score (nSPS) is 27.9. The molecular formula is C12H19N5. The van der Waals surface area contributed by atoms with Crippen molar-refractivity contribution in [2.24, 2.45) is 11.8 Å². The van der Waals surface area contributed by atoms with Gasteiger partial charge in [0.15, 0.2) is 0 Å². The van der Waals surface area contributed by atoms with Crippen LogP contribution in [0.1, 0.15) is 32.1 Å². The Labute approximate surface area is 101 Å². The third kappa shape index (κ3) is 1.95. The van der Waals surface area contributed by atoms with Crippen LogP contribution in [0.15, 0.2) is 12.4 Å². The molecule has 5 heteroatoms. The first-order valence-corrected chi connectivity index (χ1v) is 6.44. The van der Waals surface area contributed by atoms with Crippen LogP contribution >= 0.6 is 0 Å². The van der Waals surface area contributed by atoms with E-state index in [0.29, 0.717) is 11.9 Å². The lowest BCUT2D eigenvalue weighted by Gasteiger charge is -2.38. The Kier molecular flexibility index (Phi) is 2.84. The molecule has 2 heterocycles. The predicted molar refractivity (Wildman–Crippen MR) is 67.6 cm³/mol. The van der Waals surface area contributed by atoms with Crippen molar-refractivity contribution in [3.05, 3.63) is 12.4 Å². The Hall–Kier alpha value is -1.36. The molecule has 2 unspecified atom stereocenters. The molecule has 1 saturated heterocycles.